The number of aryl methyl sites for hydroxylation is 2. The summed E-state index contributed by atoms with van der Waals surface area (Å²) in [7, 11) is 0. The lowest BCUT2D eigenvalue weighted by Gasteiger charge is -2.10. The maximum atomic E-state index is 11.1. The van der Waals surface area contributed by atoms with Crippen molar-refractivity contribution >= 4 is 27.3 Å². The van der Waals surface area contributed by atoms with E-state index < -0.39 is 0 Å². The van der Waals surface area contributed by atoms with Crippen molar-refractivity contribution in [2.24, 2.45) is 0 Å². The third-order valence-corrected chi connectivity index (χ3v) is 3.62. The number of nitro groups is 1. The minimum absolute atomic E-state index is 0.0738. The molecule has 1 N–H and O–H groups in total. The Morgan fingerprint density at radius 2 is 1.95 bits per heavy atom. The lowest BCUT2D eigenvalue weighted by molar-refractivity contribution is -0.384. The molecule has 0 unspecified atom stereocenters. The van der Waals surface area contributed by atoms with E-state index in [1.54, 1.807) is 12.1 Å². The Hall–Kier alpha value is -1.88. The van der Waals surface area contributed by atoms with E-state index in [0.29, 0.717) is 16.7 Å². The molecule has 20 heavy (non-hydrogen) atoms. The molecule has 4 nitrogen and oxygen atoms in total. The van der Waals surface area contributed by atoms with Gasteiger partial charge >= 0.3 is 0 Å². The van der Waals surface area contributed by atoms with E-state index in [-0.39, 0.29) is 10.6 Å². The Labute approximate surface area is 126 Å². The van der Waals surface area contributed by atoms with Crippen LogP contribution in [0.15, 0.2) is 40.9 Å². The first-order valence-corrected chi connectivity index (χ1v) is 7.00. The van der Waals surface area contributed by atoms with Gasteiger partial charge in [-0.15, -0.1) is 0 Å². The second kappa shape index (κ2) is 6.05. The number of halogens is 1. The van der Waals surface area contributed by atoms with Crippen molar-refractivity contribution in [1.82, 2.24) is 0 Å². The van der Waals surface area contributed by atoms with Crippen molar-refractivity contribution in [3.05, 3.63) is 67.7 Å². The molecule has 0 saturated heterocycles. The van der Waals surface area contributed by atoms with E-state index >= 15 is 0 Å². The molecule has 0 aromatic heterocycles. The average molecular weight is 335 g/mol. The number of hydrogen-bond acceptors (Lipinski definition) is 3. The maximum absolute atomic E-state index is 11.1. The number of rotatable bonds is 4. The first-order chi connectivity index (χ1) is 9.47. The van der Waals surface area contributed by atoms with Gasteiger partial charge < -0.3 is 5.32 Å². The summed E-state index contributed by atoms with van der Waals surface area (Å²) >= 11 is 3.25. The normalized spacial score (nSPS) is 10.3. The Morgan fingerprint density at radius 1 is 1.20 bits per heavy atom. The van der Waals surface area contributed by atoms with Gasteiger partial charge in [-0.3, -0.25) is 10.1 Å². The van der Waals surface area contributed by atoms with Gasteiger partial charge in [-0.05, 0) is 37.1 Å². The highest BCUT2D eigenvalue weighted by Gasteiger charge is 2.14. The maximum Gasteiger partial charge on any atom is 0.293 e. The van der Waals surface area contributed by atoms with Crippen LogP contribution in [-0.4, -0.2) is 4.92 Å². The quantitative estimate of drug-likeness (QED) is 0.657. The van der Waals surface area contributed by atoms with Crippen molar-refractivity contribution in [1.29, 1.82) is 0 Å². The fraction of sp³-hybridized carbons (Fsp3) is 0.200. The topological polar surface area (TPSA) is 55.2 Å². The summed E-state index contributed by atoms with van der Waals surface area (Å²) in [5.74, 6) is 0. The average Bonchev–Trinajstić information content (AvgIpc) is 2.40. The largest absolute Gasteiger partial charge is 0.375 e. The fourth-order valence-electron chi connectivity index (χ4n) is 1.99. The molecule has 2 aromatic rings. The van der Waals surface area contributed by atoms with Gasteiger partial charge in [-0.25, -0.2) is 0 Å². The van der Waals surface area contributed by atoms with Crippen LogP contribution in [0.25, 0.3) is 0 Å². The van der Waals surface area contributed by atoms with Crippen LogP contribution in [0, 0.1) is 24.0 Å². The van der Waals surface area contributed by atoms with Crippen LogP contribution in [-0.2, 0) is 6.54 Å². The van der Waals surface area contributed by atoms with Gasteiger partial charge in [0.05, 0.1) is 4.92 Å². The van der Waals surface area contributed by atoms with E-state index in [1.165, 1.54) is 17.2 Å². The van der Waals surface area contributed by atoms with Gasteiger partial charge in [0.1, 0.15) is 5.69 Å². The molecule has 0 heterocycles. The summed E-state index contributed by atoms with van der Waals surface area (Å²) < 4.78 is 0.696. The number of anilines is 1. The monoisotopic (exact) mass is 334 g/mol. The van der Waals surface area contributed by atoms with Crippen LogP contribution in [0.4, 0.5) is 11.4 Å². The van der Waals surface area contributed by atoms with Gasteiger partial charge in [-0.1, -0.05) is 39.7 Å². The van der Waals surface area contributed by atoms with Gasteiger partial charge in [0.25, 0.3) is 5.69 Å². The lowest BCUT2D eigenvalue weighted by atomic mass is 10.1. The first-order valence-electron chi connectivity index (χ1n) is 6.21. The highest BCUT2D eigenvalue weighted by molar-refractivity contribution is 9.10. The van der Waals surface area contributed by atoms with Gasteiger partial charge in [0, 0.05) is 17.1 Å². The molecule has 2 rings (SSSR count). The molecule has 0 atom stereocenters. The van der Waals surface area contributed by atoms with E-state index in [0.717, 1.165) is 5.56 Å². The molecule has 0 aliphatic heterocycles. The second-order valence-electron chi connectivity index (χ2n) is 4.70. The fourth-order valence-corrected chi connectivity index (χ4v) is 2.34. The molecule has 2 aromatic carbocycles. The summed E-state index contributed by atoms with van der Waals surface area (Å²) in [5.41, 5.74) is 4.09. The number of nitrogens with zero attached hydrogens (tertiary/aromatic N) is 1. The van der Waals surface area contributed by atoms with Crippen LogP contribution in [0.1, 0.15) is 16.7 Å². The summed E-state index contributed by atoms with van der Waals surface area (Å²) in [5, 5.41) is 14.2. The Kier molecular flexibility index (Phi) is 4.39. The number of benzene rings is 2. The van der Waals surface area contributed by atoms with Gasteiger partial charge in [0.15, 0.2) is 0 Å². The van der Waals surface area contributed by atoms with Gasteiger partial charge in [0.2, 0.25) is 0 Å². The molecule has 0 spiro atoms. The van der Waals surface area contributed by atoms with Crippen LogP contribution < -0.4 is 5.32 Å². The molecule has 0 aliphatic carbocycles. The molecule has 0 bridgehead atoms. The first kappa shape index (κ1) is 14.5. The van der Waals surface area contributed by atoms with E-state index in [1.807, 2.05) is 13.8 Å². The standard InChI is InChI=1S/C15H15BrN2O2/c1-10-3-4-11(2)12(7-10)9-17-14-6-5-13(16)8-15(14)18(19)20/h3-8,17H,9H2,1-2H3. The van der Waals surface area contributed by atoms with Crippen LogP contribution in [0.5, 0.6) is 0 Å². The predicted molar refractivity (Wildman–Crippen MR) is 84.0 cm³/mol. The molecule has 0 saturated carbocycles. The summed E-state index contributed by atoms with van der Waals surface area (Å²) in [4.78, 5) is 10.7. The third kappa shape index (κ3) is 3.36. The minimum Gasteiger partial charge on any atom is -0.375 e. The number of nitrogens with one attached hydrogen (secondary N) is 1. The SMILES string of the molecule is Cc1ccc(C)c(CNc2ccc(Br)cc2[N+](=O)[O-])c1. The van der Waals surface area contributed by atoms with Crippen LogP contribution in [0.2, 0.25) is 0 Å². The summed E-state index contributed by atoms with van der Waals surface area (Å²) in [6.45, 7) is 4.63. The van der Waals surface area contributed by atoms with E-state index in [2.05, 4.69) is 39.4 Å². The van der Waals surface area contributed by atoms with Crippen molar-refractivity contribution in [3.63, 3.8) is 0 Å². The Bertz CT molecular complexity index is 656. The minimum atomic E-state index is -0.379. The lowest BCUT2D eigenvalue weighted by Crippen LogP contribution is -2.04. The molecule has 104 valence electrons. The molecule has 5 heteroatoms. The van der Waals surface area contributed by atoms with Crippen LogP contribution >= 0.6 is 15.9 Å². The molecule has 0 amide bonds. The molecule has 0 radical (unpaired) electrons. The molecule has 0 fully saturated rings. The zero-order valence-corrected chi connectivity index (χ0v) is 12.9. The number of nitro benzene ring substituents is 1. The molecular weight excluding hydrogens is 320 g/mol. The highest BCUT2D eigenvalue weighted by atomic mass is 79.9. The van der Waals surface area contributed by atoms with Gasteiger partial charge in [-0.2, -0.15) is 0 Å². The molecule has 0 aliphatic rings. The highest BCUT2D eigenvalue weighted by Crippen LogP contribution is 2.28. The van der Waals surface area contributed by atoms with Crippen molar-refractivity contribution in [2.75, 3.05) is 5.32 Å². The Balaban J connectivity index is 2.23. The smallest absolute Gasteiger partial charge is 0.293 e. The summed E-state index contributed by atoms with van der Waals surface area (Å²) in [6.07, 6.45) is 0. The van der Waals surface area contributed by atoms with Crippen molar-refractivity contribution < 1.29 is 4.92 Å². The zero-order valence-electron chi connectivity index (χ0n) is 11.3. The summed E-state index contributed by atoms with van der Waals surface area (Å²) in [6, 6.07) is 11.2. The van der Waals surface area contributed by atoms with E-state index in [4.69, 9.17) is 0 Å². The Morgan fingerprint density at radius 3 is 2.65 bits per heavy atom. The molecular formula is C15H15BrN2O2. The van der Waals surface area contributed by atoms with Crippen molar-refractivity contribution in [2.45, 2.75) is 20.4 Å². The second-order valence-corrected chi connectivity index (χ2v) is 5.62. The van der Waals surface area contributed by atoms with Crippen molar-refractivity contribution in [3.8, 4) is 0 Å². The number of hydrogen-bond donors (Lipinski definition) is 1. The van der Waals surface area contributed by atoms with E-state index in [9.17, 15) is 10.1 Å². The predicted octanol–water partition coefficient (Wildman–Crippen LogP) is 4.59. The van der Waals surface area contributed by atoms with Crippen LogP contribution in [0.3, 0.4) is 0 Å². The zero-order chi connectivity index (χ0) is 14.7. The third-order valence-electron chi connectivity index (χ3n) is 3.13.